The zero-order valence-corrected chi connectivity index (χ0v) is 27.4. The van der Waals surface area contributed by atoms with Crippen molar-refractivity contribution in [2.24, 2.45) is 0 Å². The molecule has 0 spiro atoms. The van der Waals surface area contributed by atoms with Crippen LogP contribution in [0, 0.1) is 17.1 Å². The highest BCUT2D eigenvalue weighted by Crippen LogP contribution is 2.29. The molecule has 8 nitrogen and oxygen atoms in total. The van der Waals surface area contributed by atoms with Crippen molar-refractivity contribution in [1.82, 2.24) is 19.6 Å². The fourth-order valence-electron chi connectivity index (χ4n) is 6.95. The predicted molar refractivity (Wildman–Crippen MR) is 173 cm³/mol. The van der Waals surface area contributed by atoms with E-state index in [1.165, 1.54) is 12.1 Å². The predicted octanol–water partition coefficient (Wildman–Crippen LogP) is 5.45. The van der Waals surface area contributed by atoms with Crippen molar-refractivity contribution in [2.45, 2.75) is 76.9 Å². The number of likely N-dealkylation sites (tertiary alicyclic amines) is 1. The number of rotatable bonds is 8. The fourth-order valence-corrected chi connectivity index (χ4v) is 6.95. The lowest BCUT2D eigenvalue weighted by Crippen LogP contribution is -2.60. The summed E-state index contributed by atoms with van der Waals surface area (Å²) in [5.74, 6) is -0.271. The van der Waals surface area contributed by atoms with Gasteiger partial charge in [0.2, 0.25) is 0 Å². The molecule has 1 atom stereocenters. The van der Waals surface area contributed by atoms with Crippen LogP contribution in [-0.2, 0) is 17.6 Å². The number of likely N-dealkylation sites (N-methyl/N-ethyl adjacent to an activating group) is 1. The topological polar surface area (TPSA) is 80.1 Å². The molecule has 2 amide bonds. The number of carbonyl (C=O) groups excluding carboxylic acids is 2. The van der Waals surface area contributed by atoms with Crippen LogP contribution in [0.2, 0.25) is 0 Å². The van der Waals surface area contributed by atoms with Crippen molar-refractivity contribution in [3.63, 3.8) is 0 Å². The molecule has 2 aliphatic heterocycles. The normalized spacial score (nSPS) is 18.7. The number of ether oxygens (including phenoxy) is 1. The van der Waals surface area contributed by atoms with Gasteiger partial charge in [0.05, 0.1) is 11.6 Å². The number of carbonyl (C=O) groups is 2. The Balaban J connectivity index is 1.18. The molecule has 242 valence electrons. The van der Waals surface area contributed by atoms with E-state index in [1.54, 1.807) is 11.0 Å². The van der Waals surface area contributed by atoms with Crippen LogP contribution in [0.4, 0.5) is 9.18 Å². The summed E-state index contributed by atoms with van der Waals surface area (Å²) in [7, 11) is 1.84. The number of amides is 2. The smallest absolute Gasteiger partial charge is 0.410 e. The third-order valence-corrected chi connectivity index (χ3v) is 9.44. The van der Waals surface area contributed by atoms with Gasteiger partial charge in [0.1, 0.15) is 11.4 Å². The van der Waals surface area contributed by atoms with Crippen molar-refractivity contribution in [3.05, 3.63) is 70.0 Å². The number of hydrogen-bond acceptors (Lipinski definition) is 6. The minimum absolute atomic E-state index is 0.0501. The van der Waals surface area contributed by atoms with Crippen molar-refractivity contribution >= 4 is 12.0 Å². The Labute approximate surface area is 267 Å². The third-order valence-electron chi connectivity index (χ3n) is 9.44. The van der Waals surface area contributed by atoms with E-state index >= 15 is 0 Å². The SMILES string of the molecule is CN(C[C@@H](CCN1CC(N2CCCN(C(=O)OC(C)(C)C)CC2)C1)c1ccc(F)cc1)C(=O)c1cc(C#N)cc2c1CCCC2. The Bertz CT molecular complexity index is 1390. The minimum atomic E-state index is -0.493. The Kier molecular flexibility index (Phi) is 10.5. The number of fused-ring (bicyclic) bond motifs is 1. The average molecular weight is 618 g/mol. The quantitative estimate of drug-likeness (QED) is 0.392. The first-order valence-electron chi connectivity index (χ1n) is 16.5. The molecule has 2 aromatic rings. The first-order chi connectivity index (χ1) is 21.5. The summed E-state index contributed by atoms with van der Waals surface area (Å²) in [5, 5.41) is 9.60. The molecule has 2 heterocycles. The van der Waals surface area contributed by atoms with E-state index in [4.69, 9.17) is 4.74 Å². The molecular formula is C36H48FN5O3. The highest BCUT2D eigenvalue weighted by atomic mass is 19.1. The Morgan fingerprint density at radius 1 is 1.04 bits per heavy atom. The molecule has 0 saturated carbocycles. The maximum absolute atomic E-state index is 13.8. The second-order valence-electron chi connectivity index (χ2n) is 14.0. The molecule has 2 saturated heterocycles. The van der Waals surface area contributed by atoms with Crippen LogP contribution in [0.25, 0.3) is 0 Å². The number of nitriles is 1. The summed E-state index contributed by atoms with van der Waals surface area (Å²) in [6.07, 6.45) is 5.46. The molecule has 5 rings (SSSR count). The number of nitrogens with zero attached hydrogens (tertiary/aromatic N) is 5. The van der Waals surface area contributed by atoms with Crippen molar-refractivity contribution < 1.29 is 18.7 Å². The lowest BCUT2D eigenvalue weighted by atomic mass is 9.86. The fraction of sp³-hybridized carbons (Fsp3) is 0.583. The molecule has 9 heteroatoms. The summed E-state index contributed by atoms with van der Waals surface area (Å²) in [5.41, 5.74) is 3.93. The van der Waals surface area contributed by atoms with Gasteiger partial charge in [0, 0.05) is 70.4 Å². The molecule has 0 radical (unpaired) electrons. The van der Waals surface area contributed by atoms with Gasteiger partial charge in [-0.05, 0) is 107 Å². The van der Waals surface area contributed by atoms with E-state index in [-0.39, 0.29) is 23.7 Å². The number of halogens is 1. The maximum atomic E-state index is 13.8. The lowest BCUT2D eigenvalue weighted by molar-refractivity contribution is 0.0206. The number of hydrogen-bond donors (Lipinski definition) is 0. The van der Waals surface area contributed by atoms with Gasteiger partial charge in [-0.3, -0.25) is 9.69 Å². The zero-order chi connectivity index (χ0) is 32.1. The molecule has 0 N–H and O–H groups in total. The monoisotopic (exact) mass is 617 g/mol. The molecule has 0 aromatic heterocycles. The van der Waals surface area contributed by atoms with E-state index < -0.39 is 5.60 Å². The molecule has 2 aromatic carbocycles. The maximum Gasteiger partial charge on any atom is 0.410 e. The van der Waals surface area contributed by atoms with E-state index in [9.17, 15) is 19.2 Å². The minimum Gasteiger partial charge on any atom is -0.444 e. The van der Waals surface area contributed by atoms with E-state index in [0.717, 1.165) is 94.5 Å². The summed E-state index contributed by atoms with van der Waals surface area (Å²) in [6.45, 7) is 12.3. The molecule has 0 unspecified atom stereocenters. The Morgan fingerprint density at radius 2 is 1.78 bits per heavy atom. The van der Waals surface area contributed by atoms with Gasteiger partial charge in [-0.25, -0.2) is 9.18 Å². The first kappa shape index (κ1) is 32.9. The second kappa shape index (κ2) is 14.3. The van der Waals surface area contributed by atoms with Crippen molar-refractivity contribution in [3.8, 4) is 6.07 Å². The van der Waals surface area contributed by atoms with Gasteiger partial charge in [-0.2, -0.15) is 5.26 Å². The number of aryl methyl sites for hydroxylation is 1. The van der Waals surface area contributed by atoms with Crippen molar-refractivity contribution in [2.75, 3.05) is 59.4 Å². The van der Waals surface area contributed by atoms with Gasteiger partial charge in [0.15, 0.2) is 0 Å². The average Bonchev–Trinajstić information content (AvgIpc) is 3.24. The van der Waals surface area contributed by atoms with Crippen LogP contribution in [0.1, 0.15) is 85.0 Å². The second-order valence-corrected chi connectivity index (χ2v) is 14.0. The summed E-state index contributed by atoms with van der Waals surface area (Å²) >= 11 is 0. The van der Waals surface area contributed by atoms with E-state index in [1.807, 2.05) is 50.9 Å². The van der Waals surface area contributed by atoms with E-state index in [2.05, 4.69) is 15.9 Å². The van der Waals surface area contributed by atoms with Gasteiger partial charge < -0.3 is 19.4 Å². The molecular weight excluding hydrogens is 569 g/mol. The molecule has 45 heavy (non-hydrogen) atoms. The first-order valence-corrected chi connectivity index (χ1v) is 16.5. The van der Waals surface area contributed by atoms with Gasteiger partial charge in [0.25, 0.3) is 5.91 Å². The standard InChI is InChI=1S/C36H48FN5O3/c1-36(2,3)45-35(44)42-16-7-15-41(18-19-42)31-24-40(25-31)17-14-29(27-10-12-30(37)13-11-27)23-39(4)34(43)33-21-26(22-38)20-28-8-5-6-9-32(28)33/h10-13,20-21,29,31H,5-9,14-19,23-25H2,1-4H3/t29-/m1/s1. The third kappa shape index (κ3) is 8.42. The highest BCUT2D eigenvalue weighted by Gasteiger charge is 2.34. The Hall–Kier alpha value is -3.48. The summed E-state index contributed by atoms with van der Waals surface area (Å²) < 4.78 is 19.4. The van der Waals surface area contributed by atoms with Gasteiger partial charge in [-0.15, -0.1) is 0 Å². The molecule has 2 fully saturated rings. The van der Waals surface area contributed by atoms with Crippen LogP contribution < -0.4 is 0 Å². The molecule has 0 bridgehead atoms. The molecule has 3 aliphatic rings. The van der Waals surface area contributed by atoms with E-state index in [0.29, 0.717) is 30.3 Å². The lowest BCUT2D eigenvalue weighted by Gasteiger charge is -2.45. The van der Waals surface area contributed by atoms with Crippen LogP contribution in [0.15, 0.2) is 36.4 Å². The molecule has 1 aliphatic carbocycles. The summed E-state index contributed by atoms with van der Waals surface area (Å²) in [6, 6.07) is 13.1. The summed E-state index contributed by atoms with van der Waals surface area (Å²) in [4.78, 5) is 34.9. The number of benzene rings is 2. The van der Waals surface area contributed by atoms with Crippen molar-refractivity contribution in [1.29, 1.82) is 5.26 Å². The highest BCUT2D eigenvalue weighted by molar-refractivity contribution is 5.96. The van der Waals surface area contributed by atoms with Crippen LogP contribution >= 0.6 is 0 Å². The van der Waals surface area contributed by atoms with Gasteiger partial charge in [-0.1, -0.05) is 12.1 Å². The van der Waals surface area contributed by atoms with Crippen LogP contribution in [0.5, 0.6) is 0 Å². The van der Waals surface area contributed by atoms with Gasteiger partial charge >= 0.3 is 6.09 Å². The van der Waals surface area contributed by atoms with Crippen LogP contribution in [-0.4, -0.2) is 103 Å². The Morgan fingerprint density at radius 3 is 2.49 bits per heavy atom. The zero-order valence-electron chi connectivity index (χ0n) is 27.4. The largest absolute Gasteiger partial charge is 0.444 e. The van der Waals surface area contributed by atoms with Crippen LogP contribution in [0.3, 0.4) is 0 Å².